The van der Waals surface area contributed by atoms with E-state index < -0.39 is 5.54 Å². The van der Waals surface area contributed by atoms with Crippen LogP contribution in [-0.4, -0.2) is 47.8 Å². The molecular formula is C12H19NO3. The van der Waals surface area contributed by atoms with Gasteiger partial charge in [-0.25, -0.2) is 0 Å². The molecular weight excluding hydrogens is 206 g/mol. The highest BCUT2D eigenvalue weighted by Crippen LogP contribution is 2.22. The number of esters is 1. The van der Waals surface area contributed by atoms with E-state index in [1.54, 1.807) is 6.08 Å². The van der Waals surface area contributed by atoms with Crippen LogP contribution in [0, 0.1) is 0 Å². The van der Waals surface area contributed by atoms with Gasteiger partial charge in [0, 0.05) is 20.0 Å². The second-order valence-electron chi connectivity index (χ2n) is 3.97. The van der Waals surface area contributed by atoms with E-state index >= 15 is 0 Å². The zero-order valence-corrected chi connectivity index (χ0v) is 9.69. The summed E-state index contributed by atoms with van der Waals surface area (Å²) in [5, 5.41) is 9.53. The third-order valence-electron chi connectivity index (χ3n) is 2.77. The molecule has 0 saturated carbocycles. The summed E-state index contributed by atoms with van der Waals surface area (Å²) < 4.78 is 5.03. The van der Waals surface area contributed by atoms with Gasteiger partial charge >= 0.3 is 5.97 Å². The normalized spacial score (nSPS) is 25.4. The predicted octanol–water partition coefficient (Wildman–Crippen LogP) is 0.728. The van der Waals surface area contributed by atoms with Crippen LogP contribution in [0.15, 0.2) is 24.8 Å². The van der Waals surface area contributed by atoms with Gasteiger partial charge in [0.2, 0.25) is 0 Å². The van der Waals surface area contributed by atoms with Crippen molar-refractivity contribution < 1.29 is 14.6 Å². The van der Waals surface area contributed by atoms with Gasteiger partial charge in [-0.3, -0.25) is 9.69 Å². The number of carbonyl (C=O) groups excluding carboxylic acids is 1. The van der Waals surface area contributed by atoms with E-state index in [-0.39, 0.29) is 19.2 Å². The Balaban J connectivity index is 2.78. The highest BCUT2D eigenvalue weighted by atomic mass is 16.5. The van der Waals surface area contributed by atoms with Crippen LogP contribution in [0.2, 0.25) is 0 Å². The molecule has 4 nitrogen and oxygen atoms in total. The maximum atomic E-state index is 10.8. The summed E-state index contributed by atoms with van der Waals surface area (Å²) in [5.41, 5.74) is -0.585. The van der Waals surface area contributed by atoms with Crippen molar-refractivity contribution in [2.45, 2.75) is 18.9 Å². The van der Waals surface area contributed by atoms with Crippen LogP contribution < -0.4 is 0 Å². The molecule has 1 atom stereocenters. The van der Waals surface area contributed by atoms with E-state index in [0.29, 0.717) is 6.54 Å². The van der Waals surface area contributed by atoms with Crippen molar-refractivity contribution in [2.75, 3.05) is 26.3 Å². The molecule has 0 spiro atoms. The summed E-state index contributed by atoms with van der Waals surface area (Å²) in [4.78, 5) is 12.9. The van der Waals surface area contributed by atoms with E-state index in [1.807, 2.05) is 12.2 Å². The lowest BCUT2D eigenvalue weighted by Gasteiger charge is -2.41. The van der Waals surface area contributed by atoms with E-state index in [2.05, 4.69) is 11.5 Å². The fourth-order valence-corrected chi connectivity index (χ4v) is 1.85. The van der Waals surface area contributed by atoms with E-state index in [1.165, 1.54) is 6.92 Å². The topological polar surface area (TPSA) is 49.8 Å². The molecule has 1 aliphatic heterocycles. The molecule has 1 N–H and O–H groups in total. The second-order valence-corrected chi connectivity index (χ2v) is 3.97. The largest absolute Gasteiger partial charge is 0.463 e. The Labute approximate surface area is 96.2 Å². The zero-order chi connectivity index (χ0) is 12.0. The number of aliphatic hydroxyl groups is 1. The molecule has 0 aromatic rings. The van der Waals surface area contributed by atoms with E-state index in [9.17, 15) is 9.90 Å². The van der Waals surface area contributed by atoms with Crippen molar-refractivity contribution in [3.63, 3.8) is 0 Å². The fourth-order valence-electron chi connectivity index (χ4n) is 1.85. The predicted molar refractivity (Wildman–Crippen MR) is 62.0 cm³/mol. The second kappa shape index (κ2) is 5.82. The van der Waals surface area contributed by atoms with Gasteiger partial charge in [-0.05, 0) is 6.42 Å². The Hall–Kier alpha value is -1.13. The van der Waals surface area contributed by atoms with Crippen LogP contribution in [0.3, 0.4) is 0 Å². The van der Waals surface area contributed by atoms with Crippen LogP contribution in [0.4, 0.5) is 0 Å². The minimum Gasteiger partial charge on any atom is -0.463 e. The molecule has 0 aromatic carbocycles. The molecule has 1 heterocycles. The Morgan fingerprint density at radius 3 is 3.06 bits per heavy atom. The monoisotopic (exact) mass is 225 g/mol. The van der Waals surface area contributed by atoms with E-state index in [0.717, 1.165) is 13.0 Å². The van der Waals surface area contributed by atoms with Gasteiger partial charge < -0.3 is 9.84 Å². The fraction of sp³-hybridized carbons (Fsp3) is 0.583. The van der Waals surface area contributed by atoms with Crippen molar-refractivity contribution in [3.05, 3.63) is 24.8 Å². The number of aliphatic hydroxyl groups excluding tert-OH is 1. The quantitative estimate of drug-likeness (QED) is 0.553. The van der Waals surface area contributed by atoms with Crippen LogP contribution in [0.1, 0.15) is 13.3 Å². The lowest BCUT2D eigenvalue weighted by Crippen LogP contribution is -2.55. The zero-order valence-electron chi connectivity index (χ0n) is 9.69. The maximum Gasteiger partial charge on any atom is 0.302 e. The molecule has 90 valence electrons. The average Bonchev–Trinajstić information content (AvgIpc) is 2.28. The number of carbonyl (C=O) groups is 1. The number of ether oxygens (including phenoxy) is 1. The minimum atomic E-state index is -0.585. The molecule has 4 heteroatoms. The maximum absolute atomic E-state index is 10.8. The Bertz CT molecular complexity index is 288. The molecule has 0 aromatic heterocycles. The molecule has 0 saturated heterocycles. The SMILES string of the molecule is C=CCN1CCC=CC1(CO)COC(C)=O. The van der Waals surface area contributed by atoms with Crippen molar-refractivity contribution in [1.29, 1.82) is 0 Å². The van der Waals surface area contributed by atoms with Gasteiger partial charge in [-0.2, -0.15) is 0 Å². The van der Waals surface area contributed by atoms with Gasteiger partial charge in [0.25, 0.3) is 0 Å². The molecule has 0 amide bonds. The van der Waals surface area contributed by atoms with Gasteiger partial charge in [-0.15, -0.1) is 6.58 Å². The highest BCUT2D eigenvalue weighted by Gasteiger charge is 2.35. The molecule has 1 rings (SSSR count). The standard InChI is InChI=1S/C12H19NO3/c1-3-7-13-8-5-4-6-12(13,9-14)10-16-11(2)15/h3-4,6,14H,1,5,7-10H2,2H3. The summed E-state index contributed by atoms with van der Waals surface area (Å²) in [6.45, 7) is 6.69. The number of nitrogens with zero attached hydrogens (tertiary/aromatic N) is 1. The lowest BCUT2D eigenvalue weighted by molar-refractivity contribution is -0.145. The average molecular weight is 225 g/mol. The molecule has 16 heavy (non-hydrogen) atoms. The highest BCUT2D eigenvalue weighted by molar-refractivity contribution is 5.66. The first-order valence-electron chi connectivity index (χ1n) is 5.42. The first kappa shape index (κ1) is 12.9. The third-order valence-corrected chi connectivity index (χ3v) is 2.77. The van der Waals surface area contributed by atoms with Crippen molar-refractivity contribution in [3.8, 4) is 0 Å². The van der Waals surface area contributed by atoms with Gasteiger partial charge in [0.1, 0.15) is 6.61 Å². The number of hydrogen-bond donors (Lipinski definition) is 1. The number of hydrogen-bond acceptors (Lipinski definition) is 4. The van der Waals surface area contributed by atoms with Crippen LogP contribution in [0.25, 0.3) is 0 Å². The summed E-state index contributed by atoms with van der Waals surface area (Å²) in [7, 11) is 0. The van der Waals surface area contributed by atoms with Crippen molar-refractivity contribution in [2.24, 2.45) is 0 Å². The van der Waals surface area contributed by atoms with Gasteiger partial charge in [0.05, 0.1) is 12.1 Å². The molecule has 1 unspecified atom stereocenters. The van der Waals surface area contributed by atoms with Crippen molar-refractivity contribution in [1.82, 2.24) is 4.90 Å². The van der Waals surface area contributed by atoms with E-state index in [4.69, 9.17) is 4.74 Å². The molecule has 0 fully saturated rings. The van der Waals surface area contributed by atoms with Gasteiger partial charge in [-0.1, -0.05) is 18.2 Å². The third kappa shape index (κ3) is 2.93. The first-order chi connectivity index (χ1) is 7.64. The van der Waals surface area contributed by atoms with Crippen LogP contribution in [-0.2, 0) is 9.53 Å². The molecule has 1 aliphatic rings. The van der Waals surface area contributed by atoms with Crippen LogP contribution in [0.5, 0.6) is 0 Å². The number of rotatable bonds is 5. The summed E-state index contributed by atoms with van der Waals surface area (Å²) in [6.07, 6.45) is 6.66. The lowest BCUT2D eigenvalue weighted by atomic mass is 9.94. The Morgan fingerprint density at radius 1 is 1.75 bits per heavy atom. The smallest absolute Gasteiger partial charge is 0.302 e. The summed E-state index contributed by atoms with van der Waals surface area (Å²) in [6, 6.07) is 0. The Morgan fingerprint density at radius 2 is 2.50 bits per heavy atom. The summed E-state index contributed by atoms with van der Waals surface area (Å²) in [5.74, 6) is -0.328. The Kier molecular flexibility index (Phi) is 4.71. The first-order valence-corrected chi connectivity index (χ1v) is 5.42. The molecule has 0 bridgehead atoms. The molecule has 0 aliphatic carbocycles. The van der Waals surface area contributed by atoms with Crippen molar-refractivity contribution >= 4 is 5.97 Å². The minimum absolute atomic E-state index is 0.0649. The van der Waals surface area contributed by atoms with Gasteiger partial charge in [0.15, 0.2) is 0 Å². The molecule has 0 radical (unpaired) electrons. The summed E-state index contributed by atoms with van der Waals surface area (Å²) >= 11 is 0. The van der Waals surface area contributed by atoms with Crippen LogP contribution >= 0.6 is 0 Å².